The normalized spacial score (nSPS) is 13.8. The number of aromatic nitrogens is 2. The monoisotopic (exact) mass is 476 g/mol. The zero-order chi connectivity index (χ0) is 20.3. The van der Waals surface area contributed by atoms with E-state index in [1.807, 2.05) is 6.20 Å². The van der Waals surface area contributed by atoms with E-state index in [2.05, 4.69) is 108 Å². The average molecular weight is 477 g/mol. The number of para-hydroxylation sites is 1. The van der Waals surface area contributed by atoms with E-state index in [0.717, 1.165) is 29.8 Å². The lowest BCUT2D eigenvalue weighted by atomic mass is 10.0. The summed E-state index contributed by atoms with van der Waals surface area (Å²) >= 11 is 5.46. The zero-order valence-corrected chi connectivity index (χ0v) is 18.7. The molecule has 150 valence electrons. The van der Waals surface area contributed by atoms with Crippen molar-refractivity contribution in [2.24, 2.45) is 0 Å². The van der Waals surface area contributed by atoms with Crippen LogP contribution in [0.2, 0.25) is 0 Å². The summed E-state index contributed by atoms with van der Waals surface area (Å²) in [5.74, 6) is 0. The van der Waals surface area contributed by atoms with Crippen LogP contribution >= 0.6 is 27.9 Å². The minimum atomic E-state index is 0.785. The molecule has 0 unspecified atom stereocenters. The van der Waals surface area contributed by atoms with Gasteiger partial charge in [-0.1, -0.05) is 64.5 Å². The fraction of sp³-hybridized carbons (Fsp3) is 0.125. The van der Waals surface area contributed by atoms with Crippen molar-refractivity contribution >= 4 is 39.3 Å². The third-order valence-electron chi connectivity index (χ3n) is 5.21. The molecule has 1 N–H and O–H groups in total. The molecule has 0 spiro atoms. The van der Waals surface area contributed by atoms with Gasteiger partial charge < -0.3 is 14.2 Å². The quantitative estimate of drug-likeness (QED) is 0.347. The van der Waals surface area contributed by atoms with E-state index in [-0.39, 0.29) is 0 Å². The fourth-order valence-electron chi connectivity index (χ4n) is 3.78. The van der Waals surface area contributed by atoms with Crippen LogP contribution in [0, 0.1) is 0 Å². The maximum Gasteiger partial charge on any atom is 0.0923 e. The van der Waals surface area contributed by atoms with Crippen molar-refractivity contribution in [1.82, 2.24) is 9.97 Å². The van der Waals surface area contributed by atoms with Crippen molar-refractivity contribution < 1.29 is 0 Å². The number of rotatable bonds is 4. The van der Waals surface area contributed by atoms with Gasteiger partial charge in [0.2, 0.25) is 0 Å². The lowest BCUT2D eigenvalue weighted by molar-refractivity contribution is 0.779. The lowest BCUT2D eigenvalue weighted by Crippen LogP contribution is -2.29. The number of halogens is 1. The van der Waals surface area contributed by atoms with Crippen LogP contribution in [0.5, 0.6) is 0 Å². The molecule has 0 saturated carbocycles. The second-order valence-corrected chi connectivity index (χ2v) is 9.15. The maximum absolute atomic E-state index is 4.44. The third kappa shape index (κ3) is 3.98. The number of aromatic amines is 1. The second kappa shape index (κ2) is 8.58. The average Bonchev–Trinajstić information content (AvgIpc) is 3.23. The van der Waals surface area contributed by atoms with Crippen LogP contribution in [0.4, 0.5) is 11.4 Å². The van der Waals surface area contributed by atoms with Crippen LogP contribution in [0.1, 0.15) is 5.69 Å². The Labute approximate surface area is 189 Å². The fourth-order valence-corrected chi connectivity index (χ4v) is 5.43. The smallest absolute Gasteiger partial charge is 0.0923 e. The Kier molecular flexibility index (Phi) is 5.51. The van der Waals surface area contributed by atoms with E-state index in [1.165, 1.54) is 27.4 Å². The van der Waals surface area contributed by atoms with Crippen molar-refractivity contribution in [1.29, 1.82) is 0 Å². The topological polar surface area (TPSA) is 35.2 Å². The SMILES string of the molecule is Brc1ccc2c(c1)SN(c1ccccc1-c1ccccc1)CCN2Cc1c[nH]cn1. The van der Waals surface area contributed by atoms with Gasteiger partial charge in [-0.2, -0.15) is 0 Å². The summed E-state index contributed by atoms with van der Waals surface area (Å²) in [6.45, 7) is 2.61. The molecule has 6 heteroatoms. The lowest BCUT2D eigenvalue weighted by Gasteiger charge is -2.25. The van der Waals surface area contributed by atoms with E-state index in [9.17, 15) is 0 Å². The van der Waals surface area contributed by atoms with Gasteiger partial charge in [0.1, 0.15) is 0 Å². The summed E-state index contributed by atoms with van der Waals surface area (Å²) in [4.78, 5) is 11.2. The minimum absolute atomic E-state index is 0.785. The maximum atomic E-state index is 4.44. The highest BCUT2D eigenvalue weighted by Gasteiger charge is 2.23. The van der Waals surface area contributed by atoms with Crippen LogP contribution < -0.4 is 9.21 Å². The van der Waals surface area contributed by atoms with Crippen LogP contribution in [0.25, 0.3) is 11.1 Å². The summed E-state index contributed by atoms with van der Waals surface area (Å²) in [6.07, 6.45) is 3.71. The predicted molar refractivity (Wildman–Crippen MR) is 129 cm³/mol. The second-order valence-electron chi connectivity index (χ2n) is 7.17. The number of H-pyrrole nitrogens is 1. The van der Waals surface area contributed by atoms with Crippen LogP contribution in [0.3, 0.4) is 0 Å². The van der Waals surface area contributed by atoms with Crippen LogP contribution in [-0.4, -0.2) is 23.1 Å². The molecule has 0 saturated heterocycles. The van der Waals surface area contributed by atoms with Gasteiger partial charge in [-0.05, 0) is 41.8 Å². The first kappa shape index (κ1) is 19.3. The highest BCUT2D eigenvalue weighted by Crippen LogP contribution is 2.42. The summed E-state index contributed by atoms with van der Waals surface area (Å²) in [7, 11) is 0. The van der Waals surface area contributed by atoms with Gasteiger partial charge >= 0.3 is 0 Å². The van der Waals surface area contributed by atoms with Gasteiger partial charge in [-0.25, -0.2) is 4.98 Å². The zero-order valence-electron chi connectivity index (χ0n) is 16.3. The molecule has 1 aliphatic heterocycles. The van der Waals surface area contributed by atoms with Gasteiger partial charge in [0.25, 0.3) is 0 Å². The molecule has 0 bridgehead atoms. The first-order valence-electron chi connectivity index (χ1n) is 9.90. The van der Waals surface area contributed by atoms with Gasteiger partial charge in [0, 0.05) is 29.3 Å². The first-order valence-corrected chi connectivity index (χ1v) is 11.5. The molecule has 5 rings (SSSR count). The van der Waals surface area contributed by atoms with Gasteiger partial charge in [0.15, 0.2) is 0 Å². The number of nitrogens with one attached hydrogen (secondary N) is 1. The molecule has 2 heterocycles. The van der Waals surface area contributed by atoms with Crippen molar-refractivity contribution in [3.63, 3.8) is 0 Å². The molecule has 4 nitrogen and oxygen atoms in total. The molecule has 3 aromatic carbocycles. The molecule has 1 aliphatic rings. The van der Waals surface area contributed by atoms with Crippen LogP contribution in [0.15, 0.2) is 94.7 Å². The predicted octanol–water partition coefficient (Wildman–Crippen LogP) is 6.37. The largest absolute Gasteiger partial charge is 0.363 e. The number of nitrogens with zero attached hydrogens (tertiary/aromatic N) is 3. The Morgan fingerprint density at radius 1 is 0.933 bits per heavy atom. The van der Waals surface area contributed by atoms with E-state index in [4.69, 9.17) is 0 Å². The molecule has 0 radical (unpaired) electrons. The van der Waals surface area contributed by atoms with Crippen molar-refractivity contribution in [2.75, 3.05) is 22.3 Å². The Bertz CT molecular complexity index is 1130. The molecule has 0 atom stereocenters. The van der Waals surface area contributed by atoms with Crippen molar-refractivity contribution in [3.05, 3.63) is 95.5 Å². The highest BCUT2D eigenvalue weighted by atomic mass is 79.9. The number of hydrogen-bond donors (Lipinski definition) is 1. The Hall–Kier alpha value is -2.70. The molecular formula is C24H21BrN4S. The number of hydrogen-bond acceptors (Lipinski definition) is 4. The number of anilines is 2. The third-order valence-corrected chi connectivity index (χ3v) is 6.83. The molecule has 0 amide bonds. The van der Waals surface area contributed by atoms with Crippen LogP contribution in [-0.2, 0) is 6.54 Å². The van der Waals surface area contributed by atoms with E-state index in [0.29, 0.717) is 0 Å². The Morgan fingerprint density at radius 3 is 2.60 bits per heavy atom. The standard InChI is InChI=1S/C24H21BrN4S/c25-19-10-11-23-24(14-19)30-29(13-12-28(23)16-20-15-26-17-27-20)22-9-5-4-8-21(22)18-6-2-1-3-7-18/h1-11,14-15,17H,12-13,16H2,(H,26,27). The van der Waals surface area contributed by atoms with Gasteiger partial charge in [-0.15, -0.1) is 0 Å². The highest BCUT2D eigenvalue weighted by molar-refractivity contribution is 9.10. The minimum Gasteiger partial charge on any atom is -0.363 e. The van der Waals surface area contributed by atoms with E-state index < -0.39 is 0 Å². The summed E-state index contributed by atoms with van der Waals surface area (Å²) in [6, 6.07) is 25.8. The van der Waals surface area contributed by atoms with Crippen molar-refractivity contribution in [3.8, 4) is 11.1 Å². The Balaban J connectivity index is 1.52. The molecular weight excluding hydrogens is 456 g/mol. The number of fused-ring (bicyclic) bond motifs is 1. The number of imidazole rings is 1. The first-order chi connectivity index (χ1) is 14.8. The van der Waals surface area contributed by atoms with Gasteiger partial charge in [0.05, 0.1) is 34.8 Å². The van der Waals surface area contributed by atoms with Crippen molar-refractivity contribution in [2.45, 2.75) is 11.4 Å². The molecule has 1 aromatic heterocycles. The molecule has 4 aromatic rings. The summed E-state index contributed by atoms with van der Waals surface area (Å²) in [5.41, 5.74) is 6.02. The number of benzene rings is 3. The molecule has 30 heavy (non-hydrogen) atoms. The summed E-state index contributed by atoms with van der Waals surface area (Å²) in [5, 5.41) is 0. The van der Waals surface area contributed by atoms with E-state index in [1.54, 1.807) is 18.3 Å². The van der Waals surface area contributed by atoms with E-state index >= 15 is 0 Å². The molecule has 0 aliphatic carbocycles. The Morgan fingerprint density at radius 2 is 1.77 bits per heavy atom. The molecule has 0 fully saturated rings. The van der Waals surface area contributed by atoms with Gasteiger partial charge in [-0.3, -0.25) is 0 Å². The summed E-state index contributed by atoms with van der Waals surface area (Å²) < 4.78 is 3.50.